The van der Waals surface area contributed by atoms with Gasteiger partial charge in [0.1, 0.15) is 11.6 Å². The van der Waals surface area contributed by atoms with Gasteiger partial charge in [0.25, 0.3) is 0 Å². The van der Waals surface area contributed by atoms with Crippen molar-refractivity contribution in [3.05, 3.63) is 30.1 Å². The summed E-state index contributed by atoms with van der Waals surface area (Å²) >= 11 is 16.8. The maximum Gasteiger partial charge on any atom is 0.315 e. The van der Waals surface area contributed by atoms with Crippen molar-refractivity contribution in [1.82, 2.24) is 0 Å². The molecule has 0 spiro atoms. The van der Waals surface area contributed by atoms with E-state index in [4.69, 9.17) is 44.3 Å². The molecule has 0 aliphatic carbocycles. The molecular formula is C12H10Cl3FO4. The van der Waals surface area contributed by atoms with Crippen molar-refractivity contribution in [2.24, 2.45) is 0 Å². The molecule has 0 aliphatic rings. The molecule has 0 radical (unpaired) electrons. The molecule has 0 bridgehead atoms. The molecule has 1 unspecified atom stereocenters. The average Bonchev–Trinajstić information content (AvgIpc) is 2.29. The average molecular weight is 344 g/mol. The number of ether oxygens (including phenoxy) is 2. The second kappa shape index (κ2) is 7.11. The van der Waals surface area contributed by atoms with Crippen LogP contribution in [0.25, 0.3) is 0 Å². The topological polar surface area (TPSA) is 52.6 Å². The van der Waals surface area contributed by atoms with Gasteiger partial charge in [-0.3, -0.25) is 9.59 Å². The van der Waals surface area contributed by atoms with Crippen LogP contribution in [-0.2, 0) is 14.3 Å². The van der Waals surface area contributed by atoms with Crippen LogP contribution in [0, 0.1) is 5.82 Å². The Hall–Kier alpha value is -1.04. The van der Waals surface area contributed by atoms with E-state index >= 15 is 0 Å². The van der Waals surface area contributed by atoms with Gasteiger partial charge in [0.05, 0.1) is 6.42 Å². The molecule has 0 N–H and O–H groups in total. The van der Waals surface area contributed by atoms with Crippen molar-refractivity contribution in [2.45, 2.75) is 23.2 Å². The van der Waals surface area contributed by atoms with Gasteiger partial charge in [0.15, 0.2) is 6.10 Å². The molecule has 1 aromatic carbocycles. The number of carbonyl (C=O) groups is 2. The maximum atomic E-state index is 12.7. The summed E-state index contributed by atoms with van der Waals surface area (Å²) in [6, 6.07) is 4.79. The molecule has 1 atom stereocenters. The monoisotopic (exact) mass is 342 g/mol. The fraction of sp³-hybridized carbons (Fsp3) is 0.333. The van der Waals surface area contributed by atoms with Gasteiger partial charge in [-0.15, -0.1) is 0 Å². The minimum Gasteiger partial charge on any atom is -0.457 e. The highest BCUT2D eigenvalue weighted by atomic mass is 35.6. The molecule has 110 valence electrons. The number of hydrogen-bond donors (Lipinski definition) is 0. The highest BCUT2D eigenvalue weighted by Gasteiger charge is 2.37. The van der Waals surface area contributed by atoms with Crippen LogP contribution in [0.15, 0.2) is 24.3 Å². The van der Waals surface area contributed by atoms with Gasteiger partial charge in [-0.2, -0.15) is 0 Å². The molecule has 4 nitrogen and oxygen atoms in total. The van der Waals surface area contributed by atoms with E-state index in [0.29, 0.717) is 0 Å². The van der Waals surface area contributed by atoms with Crippen LogP contribution in [0.1, 0.15) is 13.3 Å². The first-order valence-corrected chi connectivity index (χ1v) is 6.52. The maximum absolute atomic E-state index is 12.7. The summed E-state index contributed by atoms with van der Waals surface area (Å²) in [5, 5.41) is 0. The Morgan fingerprint density at radius 3 is 2.25 bits per heavy atom. The first-order chi connectivity index (χ1) is 9.18. The minimum atomic E-state index is -1.96. The lowest BCUT2D eigenvalue weighted by Gasteiger charge is -2.22. The van der Waals surface area contributed by atoms with Crippen LogP contribution in [0.4, 0.5) is 4.39 Å². The van der Waals surface area contributed by atoms with Gasteiger partial charge >= 0.3 is 11.9 Å². The summed E-state index contributed by atoms with van der Waals surface area (Å²) in [6.45, 7) is 1.12. The molecule has 0 fully saturated rings. The Balaban J connectivity index is 2.66. The van der Waals surface area contributed by atoms with E-state index in [1.807, 2.05) is 0 Å². The number of alkyl halides is 3. The van der Waals surface area contributed by atoms with E-state index in [1.165, 1.54) is 12.1 Å². The van der Waals surface area contributed by atoms with Gasteiger partial charge in [-0.05, 0) is 24.3 Å². The van der Waals surface area contributed by atoms with Crippen molar-refractivity contribution in [1.29, 1.82) is 0 Å². The Morgan fingerprint density at radius 2 is 1.80 bits per heavy atom. The zero-order valence-corrected chi connectivity index (χ0v) is 12.5. The van der Waals surface area contributed by atoms with Gasteiger partial charge in [0, 0.05) is 6.92 Å². The van der Waals surface area contributed by atoms with Crippen molar-refractivity contribution in [3.63, 3.8) is 0 Å². The van der Waals surface area contributed by atoms with E-state index in [1.54, 1.807) is 0 Å². The highest BCUT2D eigenvalue weighted by molar-refractivity contribution is 6.68. The van der Waals surface area contributed by atoms with Crippen molar-refractivity contribution in [2.75, 3.05) is 0 Å². The summed E-state index contributed by atoms with van der Waals surface area (Å²) in [6.07, 6.45) is -1.73. The molecule has 0 aliphatic heterocycles. The SMILES string of the molecule is CC(=O)OC(CC(=O)Oc1ccc(F)cc1)C(Cl)(Cl)Cl. The van der Waals surface area contributed by atoms with Gasteiger partial charge in [-0.1, -0.05) is 34.8 Å². The minimum absolute atomic E-state index is 0.127. The van der Waals surface area contributed by atoms with E-state index in [9.17, 15) is 14.0 Å². The van der Waals surface area contributed by atoms with Crippen molar-refractivity contribution in [3.8, 4) is 5.75 Å². The summed E-state index contributed by atoms with van der Waals surface area (Å²) in [4.78, 5) is 22.5. The molecule has 0 aromatic heterocycles. The largest absolute Gasteiger partial charge is 0.457 e. The molecule has 0 heterocycles. The second-order valence-corrected chi connectivity index (χ2v) is 6.14. The molecule has 0 amide bonds. The van der Waals surface area contributed by atoms with Gasteiger partial charge < -0.3 is 9.47 Å². The second-order valence-electron chi connectivity index (χ2n) is 3.77. The molecule has 1 rings (SSSR count). The number of esters is 2. The molecule has 0 saturated heterocycles. The fourth-order valence-electron chi connectivity index (χ4n) is 1.25. The zero-order valence-electron chi connectivity index (χ0n) is 10.2. The fourth-order valence-corrected chi connectivity index (χ4v) is 1.62. The zero-order chi connectivity index (χ0) is 15.3. The Bertz CT molecular complexity index is 484. The van der Waals surface area contributed by atoms with Gasteiger partial charge in [0.2, 0.25) is 3.79 Å². The quantitative estimate of drug-likeness (QED) is 0.477. The van der Waals surface area contributed by atoms with Crippen LogP contribution in [0.3, 0.4) is 0 Å². The number of halogens is 4. The summed E-state index contributed by atoms with van der Waals surface area (Å²) in [5.74, 6) is -1.82. The lowest BCUT2D eigenvalue weighted by molar-refractivity contribution is -0.149. The molecule has 20 heavy (non-hydrogen) atoms. The molecule has 1 aromatic rings. The first-order valence-electron chi connectivity index (χ1n) is 5.38. The third-order valence-corrected chi connectivity index (χ3v) is 2.80. The van der Waals surface area contributed by atoms with E-state index in [-0.39, 0.29) is 5.75 Å². The van der Waals surface area contributed by atoms with E-state index in [2.05, 4.69) is 0 Å². The number of carbonyl (C=O) groups excluding carboxylic acids is 2. The lowest BCUT2D eigenvalue weighted by Crippen LogP contribution is -2.34. The third kappa shape index (κ3) is 5.94. The third-order valence-electron chi connectivity index (χ3n) is 2.07. The number of benzene rings is 1. The molecule has 0 saturated carbocycles. The standard InChI is InChI=1S/C12H10Cl3FO4/c1-7(17)19-10(12(13,14)15)6-11(18)20-9-4-2-8(16)3-5-9/h2-5,10H,6H2,1H3. The Kier molecular flexibility index (Phi) is 6.05. The van der Waals surface area contributed by atoms with Crippen LogP contribution >= 0.6 is 34.8 Å². The first kappa shape index (κ1) is 17.0. The smallest absolute Gasteiger partial charge is 0.315 e. The predicted molar refractivity (Wildman–Crippen MR) is 72.5 cm³/mol. The number of hydrogen-bond acceptors (Lipinski definition) is 4. The summed E-state index contributed by atoms with van der Waals surface area (Å²) in [7, 11) is 0. The van der Waals surface area contributed by atoms with Crippen LogP contribution in [-0.4, -0.2) is 21.8 Å². The van der Waals surface area contributed by atoms with E-state index < -0.39 is 34.1 Å². The van der Waals surface area contributed by atoms with Crippen LogP contribution < -0.4 is 4.74 Å². The predicted octanol–water partition coefficient (Wildman–Crippen LogP) is 3.42. The normalized spacial score (nSPS) is 12.7. The number of rotatable bonds is 4. The Labute approximate surface area is 129 Å². The molecular weight excluding hydrogens is 333 g/mol. The van der Waals surface area contributed by atoms with Crippen molar-refractivity contribution < 1.29 is 23.5 Å². The lowest BCUT2D eigenvalue weighted by atomic mass is 10.2. The van der Waals surface area contributed by atoms with Crippen LogP contribution in [0.2, 0.25) is 0 Å². The highest BCUT2D eigenvalue weighted by Crippen LogP contribution is 2.34. The van der Waals surface area contributed by atoms with Gasteiger partial charge in [-0.25, -0.2) is 4.39 Å². The summed E-state index contributed by atoms with van der Waals surface area (Å²) < 4.78 is 20.4. The summed E-state index contributed by atoms with van der Waals surface area (Å²) in [5.41, 5.74) is 0. The van der Waals surface area contributed by atoms with Crippen molar-refractivity contribution >= 4 is 46.7 Å². The molecule has 8 heteroatoms. The van der Waals surface area contributed by atoms with E-state index in [0.717, 1.165) is 19.1 Å². The van der Waals surface area contributed by atoms with Crippen LogP contribution in [0.5, 0.6) is 5.75 Å². The Morgan fingerprint density at radius 1 is 1.25 bits per heavy atom.